The van der Waals surface area contributed by atoms with Gasteiger partial charge in [0.05, 0.1) is 4.47 Å². The van der Waals surface area contributed by atoms with Crippen molar-refractivity contribution in [2.75, 3.05) is 13.1 Å². The highest BCUT2D eigenvalue weighted by atomic mass is 79.9. The van der Waals surface area contributed by atoms with Crippen LogP contribution < -0.4 is 5.73 Å². The van der Waals surface area contributed by atoms with Crippen LogP contribution in [-0.2, 0) is 6.42 Å². The zero-order valence-corrected chi connectivity index (χ0v) is 14.2. The van der Waals surface area contributed by atoms with Gasteiger partial charge in [-0.15, -0.1) is 0 Å². The summed E-state index contributed by atoms with van der Waals surface area (Å²) in [5.74, 6) is -1.07. The van der Waals surface area contributed by atoms with Gasteiger partial charge in [-0.2, -0.15) is 0 Å². The van der Waals surface area contributed by atoms with Crippen LogP contribution in [0.2, 0.25) is 0 Å². The lowest BCUT2D eigenvalue weighted by molar-refractivity contribution is 0.0726. The quantitative estimate of drug-likeness (QED) is 0.826. The van der Waals surface area contributed by atoms with Crippen molar-refractivity contribution >= 4 is 15.9 Å². The average Bonchev–Trinajstić information content (AvgIpc) is 2.48. The highest BCUT2D eigenvalue weighted by Crippen LogP contribution is 2.28. The number of piperidine rings is 1. The smallest absolute Gasteiger partial charge is 0.143 e. The minimum atomic E-state index is -0.542. The fourth-order valence-electron chi connectivity index (χ4n) is 2.93. The molecule has 0 bridgehead atoms. The predicted octanol–water partition coefficient (Wildman–Crippen LogP) is 3.86. The van der Waals surface area contributed by atoms with Crippen molar-refractivity contribution in [3.63, 3.8) is 0 Å². The Kier molecular flexibility index (Phi) is 5.38. The molecule has 1 atom stereocenters. The summed E-state index contributed by atoms with van der Waals surface area (Å²) in [7, 11) is 0. The van der Waals surface area contributed by atoms with E-state index >= 15 is 0 Å². The molecule has 1 aromatic carbocycles. The summed E-state index contributed by atoms with van der Waals surface area (Å²) in [5, 5.41) is 0. The van der Waals surface area contributed by atoms with E-state index in [9.17, 15) is 8.78 Å². The topological polar surface area (TPSA) is 29.3 Å². The Morgan fingerprint density at radius 2 is 1.86 bits per heavy atom. The predicted molar refractivity (Wildman–Crippen MR) is 85.2 cm³/mol. The summed E-state index contributed by atoms with van der Waals surface area (Å²) >= 11 is 3.10. The van der Waals surface area contributed by atoms with Gasteiger partial charge in [-0.3, -0.25) is 4.90 Å². The van der Waals surface area contributed by atoms with Crippen LogP contribution in [0.3, 0.4) is 0 Å². The molecule has 5 heteroatoms. The summed E-state index contributed by atoms with van der Waals surface area (Å²) < 4.78 is 28.3. The number of nitrogens with two attached hydrogens (primary N) is 1. The molecule has 1 heterocycles. The van der Waals surface area contributed by atoms with Crippen LogP contribution in [0.4, 0.5) is 8.78 Å². The first-order valence-electron chi connectivity index (χ1n) is 7.47. The Labute approximate surface area is 133 Å². The van der Waals surface area contributed by atoms with Crippen molar-refractivity contribution in [1.29, 1.82) is 0 Å². The molecule has 21 heavy (non-hydrogen) atoms. The molecule has 0 saturated carbocycles. The van der Waals surface area contributed by atoms with Gasteiger partial charge in [0.15, 0.2) is 0 Å². The first-order chi connectivity index (χ1) is 9.84. The summed E-state index contributed by atoms with van der Waals surface area (Å²) in [6.07, 6.45) is 3.77. The number of hydrogen-bond acceptors (Lipinski definition) is 2. The van der Waals surface area contributed by atoms with Crippen molar-refractivity contribution in [3.05, 3.63) is 33.8 Å². The molecule has 1 aliphatic heterocycles. The maximum absolute atomic E-state index is 14.1. The van der Waals surface area contributed by atoms with Crippen molar-refractivity contribution in [1.82, 2.24) is 4.90 Å². The summed E-state index contributed by atoms with van der Waals surface area (Å²) in [4.78, 5) is 2.34. The molecule has 2 rings (SSSR count). The van der Waals surface area contributed by atoms with Crippen LogP contribution in [0, 0.1) is 11.6 Å². The summed E-state index contributed by atoms with van der Waals surface area (Å²) in [6.45, 7) is 6.14. The maximum Gasteiger partial charge on any atom is 0.143 e. The van der Waals surface area contributed by atoms with Gasteiger partial charge in [0.2, 0.25) is 0 Å². The first kappa shape index (κ1) is 16.8. The second-order valence-corrected chi connectivity index (χ2v) is 7.19. The molecule has 1 aliphatic rings. The molecular weight excluding hydrogens is 338 g/mol. The van der Waals surface area contributed by atoms with Gasteiger partial charge in [-0.05, 0) is 74.3 Å². The summed E-state index contributed by atoms with van der Waals surface area (Å²) in [6, 6.07) is 2.34. The summed E-state index contributed by atoms with van der Waals surface area (Å²) in [5.41, 5.74) is 6.11. The lowest BCUT2D eigenvalue weighted by atomic mass is 9.86. The molecule has 0 amide bonds. The van der Waals surface area contributed by atoms with E-state index in [1.807, 2.05) is 0 Å². The molecule has 0 radical (unpaired) electrons. The Balaban J connectivity index is 2.17. The average molecular weight is 361 g/mol. The second kappa shape index (κ2) is 6.71. The van der Waals surface area contributed by atoms with E-state index in [1.54, 1.807) is 0 Å². The number of halogens is 3. The van der Waals surface area contributed by atoms with Crippen LogP contribution in [0.1, 0.15) is 38.7 Å². The molecule has 0 spiro atoms. The Hall–Kier alpha value is -0.520. The normalized spacial score (nSPS) is 18.8. The number of benzene rings is 1. The largest absolute Gasteiger partial charge is 0.326 e. The molecule has 1 aromatic rings. The van der Waals surface area contributed by atoms with E-state index in [0.29, 0.717) is 0 Å². The monoisotopic (exact) mass is 360 g/mol. The zero-order chi connectivity index (χ0) is 15.6. The number of likely N-dealkylation sites (tertiary alicyclic amines) is 1. The number of rotatable bonds is 4. The standard InChI is InChI=1S/C16H23BrF2N2/c1-16(2,21-8-4-3-5-9-21)14(20)10-11-13(18)7-6-12(17)15(11)19/h6-7,14H,3-5,8-10,20H2,1-2H3. The third-order valence-corrected chi connectivity index (χ3v) is 5.25. The lowest BCUT2D eigenvalue weighted by Crippen LogP contribution is -2.58. The molecule has 2 N–H and O–H groups in total. The molecule has 1 fully saturated rings. The van der Waals surface area contributed by atoms with E-state index < -0.39 is 11.6 Å². The van der Waals surface area contributed by atoms with Gasteiger partial charge < -0.3 is 5.73 Å². The van der Waals surface area contributed by atoms with Gasteiger partial charge in [0.1, 0.15) is 11.6 Å². The lowest BCUT2D eigenvalue weighted by Gasteiger charge is -2.44. The second-order valence-electron chi connectivity index (χ2n) is 6.33. The van der Waals surface area contributed by atoms with Crippen LogP contribution >= 0.6 is 15.9 Å². The van der Waals surface area contributed by atoms with E-state index in [-0.39, 0.29) is 28.0 Å². The van der Waals surface area contributed by atoms with E-state index in [1.165, 1.54) is 18.6 Å². The molecule has 0 aliphatic carbocycles. The van der Waals surface area contributed by atoms with E-state index in [2.05, 4.69) is 34.7 Å². The molecular formula is C16H23BrF2N2. The first-order valence-corrected chi connectivity index (χ1v) is 8.26. The van der Waals surface area contributed by atoms with Gasteiger partial charge in [0.25, 0.3) is 0 Å². The Bertz CT molecular complexity index is 499. The van der Waals surface area contributed by atoms with Crippen molar-refractivity contribution < 1.29 is 8.78 Å². The van der Waals surface area contributed by atoms with Gasteiger partial charge in [-0.1, -0.05) is 6.42 Å². The van der Waals surface area contributed by atoms with Crippen LogP contribution in [0.15, 0.2) is 16.6 Å². The third-order valence-electron chi connectivity index (χ3n) is 4.64. The molecule has 118 valence electrons. The highest BCUT2D eigenvalue weighted by molar-refractivity contribution is 9.10. The van der Waals surface area contributed by atoms with Crippen LogP contribution in [0.25, 0.3) is 0 Å². The molecule has 0 aromatic heterocycles. The Morgan fingerprint density at radius 1 is 1.24 bits per heavy atom. The molecule has 1 unspecified atom stereocenters. The molecule has 2 nitrogen and oxygen atoms in total. The van der Waals surface area contributed by atoms with E-state index in [0.717, 1.165) is 25.9 Å². The minimum Gasteiger partial charge on any atom is -0.326 e. The molecule has 1 saturated heterocycles. The fraction of sp³-hybridized carbons (Fsp3) is 0.625. The van der Waals surface area contributed by atoms with Crippen LogP contribution in [-0.4, -0.2) is 29.6 Å². The maximum atomic E-state index is 14.1. The van der Waals surface area contributed by atoms with Crippen molar-refractivity contribution in [2.45, 2.75) is 51.1 Å². The SMILES string of the molecule is CC(C)(C(N)Cc1c(F)ccc(Br)c1F)N1CCCCC1. The van der Waals surface area contributed by atoms with Crippen molar-refractivity contribution in [3.8, 4) is 0 Å². The van der Waals surface area contributed by atoms with Gasteiger partial charge >= 0.3 is 0 Å². The third kappa shape index (κ3) is 3.63. The van der Waals surface area contributed by atoms with Gasteiger partial charge in [0, 0.05) is 17.1 Å². The Morgan fingerprint density at radius 3 is 2.48 bits per heavy atom. The van der Waals surface area contributed by atoms with Gasteiger partial charge in [-0.25, -0.2) is 8.78 Å². The van der Waals surface area contributed by atoms with Crippen molar-refractivity contribution in [2.24, 2.45) is 5.73 Å². The number of nitrogens with zero attached hydrogens (tertiary/aromatic N) is 1. The van der Waals surface area contributed by atoms with Crippen LogP contribution in [0.5, 0.6) is 0 Å². The fourth-order valence-corrected chi connectivity index (χ4v) is 3.30. The minimum absolute atomic E-state index is 0.0713. The number of hydrogen-bond donors (Lipinski definition) is 1. The highest BCUT2D eigenvalue weighted by Gasteiger charge is 2.34. The van der Waals surface area contributed by atoms with E-state index in [4.69, 9.17) is 5.73 Å². The zero-order valence-electron chi connectivity index (χ0n) is 12.6.